The molecule has 1 unspecified atom stereocenters. The molecule has 0 aromatic carbocycles. The maximum absolute atomic E-state index is 11.5. The van der Waals surface area contributed by atoms with E-state index in [0.717, 1.165) is 0 Å². The second-order valence-electron chi connectivity index (χ2n) is 4.32. The molecule has 6 heteroatoms. The number of rotatable bonds is 6. The average molecular weight is 250 g/mol. The molecule has 16 heavy (non-hydrogen) atoms. The first-order valence-corrected chi connectivity index (χ1v) is 7.06. The number of nitrogens with zero attached hydrogens (tertiary/aromatic N) is 1. The maximum Gasteiger partial charge on any atom is 0.238 e. The highest BCUT2D eigenvalue weighted by molar-refractivity contribution is 7.92. The minimum Gasteiger partial charge on any atom is -0.347 e. The van der Waals surface area contributed by atoms with Gasteiger partial charge in [0.05, 0.1) is 17.0 Å². The lowest BCUT2D eigenvalue weighted by molar-refractivity contribution is -0.130. The molecule has 0 heterocycles. The fourth-order valence-corrected chi connectivity index (χ4v) is 2.00. The van der Waals surface area contributed by atoms with Gasteiger partial charge in [-0.1, -0.05) is 0 Å². The molecule has 96 valence electrons. The van der Waals surface area contributed by atoms with Crippen LogP contribution in [0.4, 0.5) is 0 Å². The molecular weight excluding hydrogens is 228 g/mol. The summed E-state index contributed by atoms with van der Waals surface area (Å²) in [7, 11) is 0.317. The number of likely N-dealkylation sites (N-methyl/N-ethyl adjacent to an activating group) is 1. The fraction of sp³-hybridized carbons (Fsp3) is 0.900. The molecule has 0 aliphatic heterocycles. The molecule has 0 aromatic heterocycles. The summed E-state index contributed by atoms with van der Waals surface area (Å²) >= 11 is 0. The molecule has 5 nitrogen and oxygen atoms in total. The maximum atomic E-state index is 11.5. The van der Waals surface area contributed by atoms with E-state index in [1.807, 2.05) is 0 Å². The smallest absolute Gasteiger partial charge is 0.238 e. The Morgan fingerprint density at radius 2 is 1.75 bits per heavy atom. The van der Waals surface area contributed by atoms with Crippen LogP contribution in [0.3, 0.4) is 0 Å². The number of nitrogens with one attached hydrogen (secondary N) is 1. The molecule has 0 saturated heterocycles. The van der Waals surface area contributed by atoms with Crippen molar-refractivity contribution in [2.45, 2.75) is 32.1 Å². The van der Waals surface area contributed by atoms with Crippen molar-refractivity contribution in [1.29, 1.82) is 0 Å². The third-order valence-electron chi connectivity index (χ3n) is 2.37. The van der Waals surface area contributed by atoms with E-state index in [2.05, 4.69) is 5.32 Å². The number of hydrogen-bond acceptors (Lipinski definition) is 4. The van der Waals surface area contributed by atoms with Crippen LogP contribution in [0.5, 0.6) is 0 Å². The van der Waals surface area contributed by atoms with Gasteiger partial charge in [-0.2, -0.15) is 0 Å². The first-order chi connectivity index (χ1) is 7.18. The van der Waals surface area contributed by atoms with Gasteiger partial charge < -0.3 is 10.2 Å². The molecule has 1 amide bonds. The van der Waals surface area contributed by atoms with Gasteiger partial charge in [0.1, 0.15) is 0 Å². The summed E-state index contributed by atoms with van der Waals surface area (Å²) in [6, 6.07) is -0.350. The van der Waals surface area contributed by atoms with E-state index in [-0.39, 0.29) is 23.0 Å². The zero-order valence-corrected chi connectivity index (χ0v) is 11.5. The third kappa shape index (κ3) is 4.94. The fourth-order valence-electron chi connectivity index (χ4n) is 1.13. The molecular formula is C10H22N2O3S. The van der Waals surface area contributed by atoms with Crippen molar-refractivity contribution >= 4 is 15.7 Å². The van der Waals surface area contributed by atoms with Crippen LogP contribution in [0.25, 0.3) is 0 Å². The molecule has 0 saturated carbocycles. The van der Waals surface area contributed by atoms with Crippen LogP contribution in [0.2, 0.25) is 0 Å². The Balaban J connectivity index is 4.06. The van der Waals surface area contributed by atoms with E-state index >= 15 is 0 Å². The topological polar surface area (TPSA) is 66.5 Å². The van der Waals surface area contributed by atoms with Gasteiger partial charge >= 0.3 is 0 Å². The molecule has 1 N–H and O–H groups in total. The Kier molecular flexibility index (Phi) is 5.96. The first kappa shape index (κ1) is 15.4. The van der Waals surface area contributed by atoms with Crippen molar-refractivity contribution < 1.29 is 13.2 Å². The quantitative estimate of drug-likeness (QED) is 0.713. The molecule has 0 bridgehead atoms. The molecule has 0 aromatic rings. The summed E-state index contributed by atoms with van der Waals surface area (Å²) in [5, 5.41) is 2.54. The monoisotopic (exact) mass is 250 g/mol. The Labute approximate surface area is 98.1 Å². The zero-order valence-electron chi connectivity index (χ0n) is 10.6. The second kappa shape index (κ2) is 6.20. The largest absolute Gasteiger partial charge is 0.347 e. The van der Waals surface area contributed by atoms with Crippen LogP contribution >= 0.6 is 0 Å². The number of sulfone groups is 1. The van der Waals surface area contributed by atoms with Crippen LogP contribution in [0.15, 0.2) is 0 Å². The summed E-state index contributed by atoms with van der Waals surface area (Å²) in [4.78, 5) is 12.9. The predicted molar refractivity (Wildman–Crippen MR) is 65.1 cm³/mol. The first-order valence-electron chi connectivity index (χ1n) is 5.34. The molecule has 0 radical (unpaired) electrons. The van der Waals surface area contributed by atoms with Gasteiger partial charge in [-0.15, -0.1) is 0 Å². The number of carbonyl (C=O) groups is 1. The highest BCUT2D eigenvalue weighted by Gasteiger charge is 2.18. The van der Waals surface area contributed by atoms with Gasteiger partial charge in [0.15, 0.2) is 9.84 Å². The minimum atomic E-state index is -3.03. The number of carbonyl (C=O) groups excluding carboxylic acids is 1. The summed E-state index contributed by atoms with van der Waals surface area (Å²) in [6.07, 6.45) is 0. The number of hydrogen-bond donors (Lipinski definition) is 1. The van der Waals surface area contributed by atoms with E-state index in [1.54, 1.807) is 34.9 Å². The Hall–Kier alpha value is -0.620. The van der Waals surface area contributed by atoms with Gasteiger partial charge in [-0.3, -0.25) is 4.79 Å². The van der Waals surface area contributed by atoms with Crippen LogP contribution in [0, 0.1) is 0 Å². The Bertz CT molecular complexity index is 323. The SMILES string of the molecule is CC(NCCS(=O)(=O)C(C)C)C(=O)N(C)C. The minimum absolute atomic E-state index is 0.0538. The molecule has 0 fully saturated rings. The van der Waals surface area contributed by atoms with Gasteiger partial charge in [-0.05, 0) is 20.8 Å². The lowest BCUT2D eigenvalue weighted by Gasteiger charge is -2.18. The highest BCUT2D eigenvalue weighted by Crippen LogP contribution is 1.99. The Morgan fingerprint density at radius 1 is 1.25 bits per heavy atom. The molecule has 1 atom stereocenters. The summed E-state index contributed by atoms with van der Waals surface area (Å²) in [6.45, 7) is 5.35. The van der Waals surface area contributed by atoms with Crippen LogP contribution in [0.1, 0.15) is 20.8 Å². The number of amides is 1. The van der Waals surface area contributed by atoms with Crippen molar-refractivity contribution in [3.63, 3.8) is 0 Å². The van der Waals surface area contributed by atoms with Gasteiger partial charge in [-0.25, -0.2) is 8.42 Å². The van der Waals surface area contributed by atoms with Crippen molar-refractivity contribution in [1.82, 2.24) is 10.2 Å². The van der Waals surface area contributed by atoms with E-state index in [4.69, 9.17) is 0 Å². The van der Waals surface area contributed by atoms with Crippen molar-refractivity contribution in [3.05, 3.63) is 0 Å². The van der Waals surface area contributed by atoms with Crippen molar-refractivity contribution in [2.75, 3.05) is 26.4 Å². The third-order valence-corrected chi connectivity index (χ3v) is 4.58. The lowest BCUT2D eigenvalue weighted by atomic mass is 10.3. The normalized spacial score (nSPS) is 13.9. The average Bonchev–Trinajstić information content (AvgIpc) is 2.15. The van der Waals surface area contributed by atoms with E-state index in [0.29, 0.717) is 6.54 Å². The molecule has 0 aliphatic rings. The van der Waals surface area contributed by atoms with E-state index in [9.17, 15) is 13.2 Å². The highest BCUT2D eigenvalue weighted by atomic mass is 32.2. The van der Waals surface area contributed by atoms with E-state index in [1.165, 1.54) is 4.90 Å². The van der Waals surface area contributed by atoms with Crippen LogP contribution in [-0.4, -0.2) is 56.9 Å². The summed E-state index contributed by atoms with van der Waals surface area (Å²) < 4.78 is 23.0. The summed E-state index contributed by atoms with van der Waals surface area (Å²) in [5.74, 6) is 0.0114. The van der Waals surface area contributed by atoms with Crippen molar-refractivity contribution in [2.24, 2.45) is 0 Å². The molecule has 0 aliphatic carbocycles. The lowest BCUT2D eigenvalue weighted by Crippen LogP contribution is -2.43. The van der Waals surface area contributed by atoms with Gasteiger partial charge in [0.2, 0.25) is 5.91 Å². The Morgan fingerprint density at radius 3 is 2.12 bits per heavy atom. The zero-order chi connectivity index (χ0) is 12.9. The standard InChI is InChI=1S/C10H22N2O3S/c1-8(2)16(14,15)7-6-11-9(3)10(13)12(4)5/h8-9,11H,6-7H2,1-5H3. The predicted octanol–water partition coefficient (Wildman–Crippen LogP) is -0.124. The van der Waals surface area contributed by atoms with Crippen LogP contribution in [-0.2, 0) is 14.6 Å². The van der Waals surface area contributed by atoms with E-state index < -0.39 is 9.84 Å². The van der Waals surface area contributed by atoms with Gasteiger partial charge in [0, 0.05) is 20.6 Å². The molecule has 0 spiro atoms. The second-order valence-corrected chi connectivity index (χ2v) is 7.00. The molecule has 0 rings (SSSR count). The van der Waals surface area contributed by atoms with Crippen LogP contribution < -0.4 is 5.32 Å². The summed E-state index contributed by atoms with van der Waals surface area (Å²) in [5.41, 5.74) is 0. The van der Waals surface area contributed by atoms with Gasteiger partial charge in [0.25, 0.3) is 0 Å². The van der Waals surface area contributed by atoms with Crippen molar-refractivity contribution in [3.8, 4) is 0 Å².